The average molecular weight is 255 g/mol. The van der Waals surface area contributed by atoms with Gasteiger partial charge in [0.2, 0.25) is 0 Å². The Morgan fingerprint density at radius 2 is 1.58 bits per heavy atom. The Hall–Kier alpha value is -1.96. The molecule has 0 saturated carbocycles. The van der Waals surface area contributed by atoms with Crippen LogP contribution in [0.4, 0.5) is 11.4 Å². The zero-order chi connectivity index (χ0) is 14.0. The smallest absolute Gasteiger partial charge is 0.115 e. The molecule has 0 fully saturated rings. The number of aryl methyl sites for hydroxylation is 1. The summed E-state index contributed by atoms with van der Waals surface area (Å²) < 4.78 is 0. The Morgan fingerprint density at radius 1 is 0.947 bits per heavy atom. The first-order valence-electron chi connectivity index (χ1n) is 6.53. The van der Waals surface area contributed by atoms with Crippen molar-refractivity contribution in [2.75, 3.05) is 5.32 Å². The summed E-state index contributed by atoms with van der Waals surface area (Å²) in [7, 11) is 0. The van der Waals surface area contributed by atoms with Crippen LogP contribution in [0.15, 0.2) is 42.5 Å². The SMILES string of the molecule is Cc1ccc(C(C)(C)C)c(Nc2ccc(O)cc2)c1. The van der Waals surface area contributed by atoms with Gasteiger partial charge in [-0.2, -0.15) is 0 Å². The van der Waals surface area contributed by atoms with Crippen molar-refractivity contribution in [3.63, 3.8) is 0 Å². The molecule has 19 heavy (non-hydrogen) atoms. The van der Waals surface area contributed by atoms with Crippen molar-refractivity contribution < 1.29 is 5.11 Å². The number of anilines is 2. The second kappa shape index (κ2) is 4.96. The summed E-state index contributed by atoms with van der Waals surface area (Å²) in [5.74, 6) is 0.283. The second-order valence-corrected chi connectivity index (χ2v) is 5.97. The highest BCUT2D eigenvalue weighted by atomic mass is 16.3. The monoisotopic (exact) mass is 255 g/mol. The van der Waals surface area contributed by atoms with Gasteiger partial charge in [0, 0.05) is 11.4 Å². The molecule has 2 aromatic rings. The van der Waals surface area contributed by atoms with Crippen molar-refractivity contribution in [3.8, 4) is 5.75 Å². The molecule has 0 amide bonds. The van der Waals surface area contributed by atoms with E-state index in [1.54, 1.807) is 12.1 Å². The minimum absolute atomic E-state index is 0.0902. The minimum Gasteiger partial charge on any atom is -0.508 e. The third kappa shape index (κ3) is 3.28. The van der Waals surface area contributed by atoms with Crippen LogP contribution in [-0.2, 0) is 5.41 Å². The molecule has 100 valence electrons. The van der Waals surface area contributed by atoms with Crippen LogP contribution in [-0.4, -0.2) is 5.11 Å². The molecule has 0 atom stereocenters. The molecule has 0 saturated heterocycles. The molecule has 0 aliphatic rings. The van der Waals surface area contributed by atoms with Gasteiger partial charge in [0.1, 0.15) is 5.75 Å². The molecule has 0 radical (unpaired) electrons. The fourth-order valence-corrected chi connectivity index (χ4v) is 2.12. The Labute approximate surface area is 115 Å². The molecule has 0 aliphatic heterocycles. The van der Waals surface area contributed by atoms with E-state index in [1.165, 1.54) is 11.1 Å². The topological polar surface area (TPSA) is 32.3 Å². The van der Waals surface area contributed by atoms with Crippen molar-refractivity contribution in [2.45, 2.75) is 33.1 Å². The van der Waals surface area contributed by atoms with Gasteiger partial charge in [-0.1, -0.05) is 32.9 Å². The van der Waals surface area contributed by atoms with Gasteiger partial charge in [-0.3, -0.25) is 0 Å². The highest BCUT2D eigenvalue weighted by Crippen LogP contribution is 2.32. The lowest BCUT2D eigenvalue weighted by Gasteiger charge is -2.24. The highest BCUT2D eigenvalue weighted by molar-refractivity contribution is 5.66. The molecule has 2 aromatic carbocycles. The number of phenols is 1. The minimum atomic E-state index is 0.0902. The van der Waals surface area contributed by atoms with E-state index in [0.717, 1.165) is 11.4 Å². The van der Waals surface area contributed by atoms with Gasteiger partial charge in [0.25, 0.3) is 0 Å². The molecule has 2 N–H and O–H groups in total. The molecule has 0 heterocycles. The molecule has 0 bridgehead atoms. The molecular weight excluding hydrogens is 234 g/mol. The van der Waals surface area contributed by atoms with Crippen molar-refractivity contribution in [2.24, 2.45) is 0 Å². The van der Waals surface area contributed by atoms with Gasteiger partial charge in [0.15, 0.2) is 0 Å². The standard InChI is InChI=1S/C17H21NO/c1-12-5-10-15(17(2,3)4)16(11-12)18-13-6-8-14(19)9-7-13/h5-11,18-19H,1-4H3. The number of benzene rings is 2. The zero-order valence-corrected chi connectivity index (χ0v) is 12.0. The third-order valence-corrected chi connectivity index (χ3v) is 3.13. The van der Waals surface area contributed by atoms with Gasteiger partial charge in [-0.15, -0.1) is 0 Å². The Balaban J connectivity index is 2.38. The third-order valence-electron chi connectivity index (χ3n) is 3.13. The maximum atomic E-state index is 9.32. The largest absolute Gasteiger partial charge is 0.508 e. The predicted octanol–water partition coefficient (Wildman–Crippen LogP) is 4.74. The summed E-state index contributed by atoms with van der Waals surface area (Å²) in [6, 6.07) is 13.6. The number of nitrogens with one attached hydrogen (secondary N) is 1. The highest BCUT2D eigenvalue weighted by Gasteiger charge is 2.17. The number of hydrogen-bond donors (Lipinski definition) is 2. The fourth-order valence-electron chi connectivity index (χ4n) is 2.12. The summed E-state index contributed by atoms with van der Waals surface area (Å²) in [6.45, 7) is 8.72. The number of phenolic OH excluding ortho intramolecular Hbond substituents is 1. The molecule has 0 aromatic heterocycles. The first-order chi connectivity index (χ1) is 8.86. The van der Waals surface area contributed by atoms with Crippen LogP contribution in [0.1, 0.15) is 31.9 Å². The van der Waals surface area contributed by atoms with E-state index in [1.807, 2.05) is 12.1 Å². The van der Waals surface area contributed by atoms with Gasteiger partial charge in [-0.25, -0.2) is 0 Å². The summed E-state index contributed by atoms with van der Waals surface area (Å²) in [6.07, 6.45) is 0. The zero-order valence-electron chi connectivity index (χ0n) is 12.0. The normalized spacial score (nSPS) is 11.4. The van der Waals surface area contributed by atoms with E-state index >= 15 is 0 Å². The van der Waals surface area contributed by atoms with Crippen molar-refractivity contribution in [1.29, 1.82) is 0 Å². The molecule has 2 nitrogen and oxygen atoms in total. The Morgan fingerprint density at radius 3 is 2.16 bits per heavy atom. The molecule has 2 rings (SSSR count). The van der Waals surface area contributed by atoms with Crippen LogP contribution < -0.4 is 5.32 Å². The molecular formula is C17H21NO. The molecule has 0 unspecified atom stereocenters. The van der Waals surface area contributed by atoms with Crippen LogP contribution in [0, 0.1) is 6.92 Å². The van der Waals surface area contributed by atoms with Crippen molar-refractivity contribution in [1.82, 2.24) is 0 Å². The Bertz CT molecular complexity index is 565. The van der Waals surface area contributed by atoms with Crippen LogP contribution in [0.2, 0.25) is 0 Å². The average Bonchev–Trinajstić information content (AvgIpc) is 2.30. The molecule has 0 aliphatic carbocycles. The first-order valence-corrected chi connectivity index (χ1v) is 6.53. The summed E-state index contributed by atoms with van der Waals surface area (Å²) in [5, 5.41) is 12.8. The van der Waals surface area contributed by atoms with Crippen LogP contribution in [0.5, 0.6) is 5.75 Å². The summed E-state index contributed by atoms with van der Waals surface area (Å²) in [5.41, 5.74) is 4.71. The van der Waals surface area contributed by atoms with Crippen molar-refractivity contribution in [3.05, 3.63) is 53.6 Å². The number of rotatable bonds is 2. The maximum Gasteiger partial charge on any atom is 0.115 e. The van der Waals surface area contributed by atoms with Crippen LogP contribution in [0.25, 0.3) is 0 Å². The van der Waals surface area contributed by atoms with E-state index in [4.69, 9.17) is 0 Å². The van der Waals surface area contributed by atoms with E-state index in [-0.39, 0.29) is 11.2 Å². The molecule has 2 heteroatoms. The van der Waals surface area contributed by atoms with E-state index in [9.17, 15) is 5.11 Å². The lowest BCUT2D eigenvalue weighted by atomic mass is 9.85. The van der Waals surface area contributed by atoms with Crippen LogP contribution in [0.3, 0.4) is 0 Å². The lowest BCUT2D eigenvalue weighted by Crippen LogP contribution is -2.13. The quantitative estimate of drug-likeness (QED) is 0.759. The second-order valence-electron chi connectivity index (χ2n) is 5.97. The van der Waals surface area contributed by atoms with Gasteiger partial charge in [-0.05, 0) is 53.8 Å². The van der Waals surface area contributed by atoms with Crippen LogP contribution >= 0.6 is 0 Å². The maximum absolute atomic E-state index is 9.32. The fraction of sp³-hybridized carbons (Fsp3) is 0.294. The first kappa shape index (κ1) is 13.5. The molecule has 0 spiro atoms. The lowest BCUT2D eigenvalue weighted by molar-refractivity contribution is 0.475. The van der Waals surface area contributed by atoms with E-state index in [2.05, 4.69) is 51.2 Å². The summed E-state index contributed by atoms with van der Waals surface area (Å²) in [4.78, 5) is 0. The van der Waals surface area contributed by atoms with Gasteiger partial charge in [0.05, 0.1) is 0 Å². The van der Waals surface area contributed by atoms with Crippen molar-refractivity contribution >= 4 is 11.4 Å². The number of aromatic hydroxyl groups is 1. The van der Waals surface area contributed by atoms with E-state index < -0.39 is 0 Å². The van der Waals surface area contributed by atoms with Gasteiger partial charge < -0.3 is 10.4 Å². The number of hydrogen-bond acceptors (Lipinski definition) is 2. The summed E-state index contributed by atoms with van der Waals surface area (Å²) >= 11 is 0. The Kier molecular flexibility index (Phi) is 3.52. The van der Waals surface area contributed by atoms with E-state index in [0.29, 0.717) is 0 Å². The predicted molar refractivity (Wildman–Crippen MR) is 81.3 cm³/mol. The van der Waals surface area contributed by atoms with Gasteiger partial charge >= 0.3 is 0 Å².